The summed E-state index contributed by atoms with van der Waals surface area (Å²) in [5.74, 6) is 1.98. The van der Waals surface area contributed by atoms with Crippen LogP contribution in [0.15, 0.2) is 6.07 Å². The van der Waals surface area contributed by atoms with Crippen LogP contribution in [0.1, 0.15) is 81.0 Å². The van der Waals surface area contributed by atoms with Gasteiger partial charge in [-0.1, -0.05) is 6.92 Å². The van der Waals surface area contributed by atoms with Gasteiger partial charge in [0.15, 0.2) is 0 Å². The maximum absolute atomic E-state index is 13.7. The fourth-order valence-electron chi connectivity index (χ4n) is 6.19. The molecule has 0 saturated heterocycles. The summed E-state index contributed by atoms with van der Waals surface area (Å²) in [6.45, 7) is 11.7. The lowest BCUT2D eigenvalue weighted by Gasteiger charge is -2.36. The molecule has 2 aromatic heterocycles. The van der Waals surface area contributed by atoms with Crippen LogP contribution >= 0.6 is 11.3 Å². The Morgan fingerprint density at radius 3 is 2.58 bits per heavy atom. The molecule has 1 aliphatic carbocycles. The van der Waals surface area contributed by atoms with E-state index in [1.807, 2.05) is 23.2 Å². The zero-order chi connectivity index (χ0) is 26.0. The Morgan fingerprint density at radius 1 is 1.19 bits per heavy atom. The molecule has 1 aliphatic heterocycles. The Kier molecular flexibility index (Phi) is 8.74. The van der Waals surface area contributed by atoms with Gasteiger partial charge < -0.3 is 19.3 Å². The van der Waals surface area contributed by atoms with Crippen molar-refractivity contribution in [2.24, 2.45) is 5.92 Å². The molecule has 1 saturated carbocycles. The first-order chi connectivity index (χ1) is 17.2. The summed E-state index contributed by atoms with van der Waals surface area (Å²) >= 11 is 1.90. The minimum Gasteiger partial charge on any atom is -0.481 e. The Balaban J connectivity index is 1.46. The topological polar surface area (TPSA) is 54.9 Å². The third-order valence-corrected chi connectivity index (χ3v) is 10.0. The van der Waals surface area contributed by atoms with Crippen molar-refractivity contribution in [1.29, 1.82) is 0 Å². The Hall–Kier alpha value is -1.96. The van der Waals surface area contributed by atoms with E-state index in [1.54, 1.807) is 14.2 Å². The molecule has 4 rings (SSSR count). The molecule has 1 fully saturated rings. The van der Waals surface area contributed by atoms with Gasteiger partial charge in [-0.2, -0.15) is 0 Å². The lowest BCUT2D eigenvalue weighted by molar-refractivity contribution is 0.0726. The fourth-order valence-corrected chi connectivity index (χ4v) is 7.62. The second kappa shape index (κ2) is 11.6. The number of nitrogens with zero attached hydrogens (tertiary/aromatic N) is 3. The minimum atomic E-state index is 0.161. The number of amides is 1. The molecule has 3 heterocycles. The number of thiophene rings is 1. The summed E-state index contributed by atoms with van der Waals surface area (Å²) < 4.78 is 10.8. The van der Waals surface area contributed by atoms with Crippen LogP contribution in [0.2, 0.25) is 0 Å². The molecule has 0 unspecified atom stereocenters. The van der Waals surface area contributed by atoms with Crippen LogP contribution in [-0.4, -0.2) is 67.7 Å². The first-order valence-corrected chi connectivity index (χ1v) is 14.2. The highest BCUT2D eigenvalue weighted by Gasteiger charge is 2.34. The maximum Gasteiger partial charge on any atom is 0.255 e. The number of aromatic nitrogens is 1. The number of ether oxygens (including phenoxy) is 2. The van der Waals surface area contributed by atoms with E-state index in [9.17, 15) is 4.79 Å². The number of hydrogen-bond donors (Lipinski definition) is 0. The lowest BCUT2D eigenvalue weighted by atomic mass is 9.77. The molecule has 36 heavy (non-hydrogen) atoms. The van der Waals surface area contributed by atoms with Gasteiger partial charge in [-0.3, -0.25) is 4.79 Å². The number of rotatable bonds is 9. The van der Waals surface area contributed by atoms with E-state index in [0.717, 1.165) is 48.5 Å². The third kappa shape index (κ3) is 5.48. The predicted octanol–water partition coefficient (Wildman–Crippen LogP) is 5.52. The molecule has 0 spiro atoms. The second-order valence-electron chi connectivity index (χ2n) is 10.8. The zero-order valence-corrected chi connectivity index (χ0v) is 24.0. The van der Waals surface area contributed by atoms with Crippen LogP contribution in [0, 0.1) is 26.7 Å². The van der Waals surface area contributed by atoms with E-state index in [1.165, 1.54) is 41.0 Å². The average Bonchev–Trinajstić information content (AvgIpc) is 3.21. The van der Waals surface area contributed by atoms with Gasteiger partial charge in [0.2, 0.25) is 5.88 Å². The van der Waals surface area contributed by atoms with Crippen LogP contribution in [0.4, 0.5) is 0 Å². The van der Waals surface area contributed by atoms with Crippen LogP contribution in [0.3, 0.4) is 0 Å². The second-order valence-corrected chi connectivity index (χ2v) is 11.9. The van der Waals surface area contributed by atoms with Gasteiger partial charge in [-0.15, -0.1) is 11.3 Å². The number of methoxy groups -OCH3 is 2. The molecule has 1 atom stereocenters. The summed E-state index contributed by atoms with van der Waals surface area (Å²) in [7, 11) is 5.66. The number of carbonyl (C=O) groups is 1. The smallest absolute Gasteiger partial charge is 0.255 e. The van der Waals surface area contributed by atoms with Gasteiger partial charge in [-0.05, 0) is 82.5 Å². The van der Waals surface area contributed by atoms with Crippen LogP contribution in [0.25, 0.3) is 0 Å². The molecule has 7 heteroatoms. The molecule has 0 bridgehead atoms. The van der Waals surface area contributed by atoms with E-state index in [2.05, 4.69) is 43.8 Å². The third-order valence-electron chi connectivity index (χ3n) is 8.48. The minimum absolute atomic E-state index is 0.161. The summed E-state index contributed by atoms with van der Waals surface area (Å²) in [4.78, 5) is 25.4. The van der Waals surface area contributed by atoms with Gasteiger partial charge in [0.05, 0.1) is 25.8 Å². The SMILES string of the molecule is COCCN(C)C1CCC([C@@H](C)c2sc3c(c2C)C(=O)N(Cc2c(C)cc(C)nc2OC)CC3)CC1. The largest absolute Gasteiger partial charge is 0.481 e. The number of likely N-dealkylation sites (N-methyl/N-ethyl adjacent to an activating group) is 1. The molecular formula is C29H43N3O3S. The van der Waals surface area contributed by atoms with Crippen LogP contribution in [0.5, 0.6) is 5.88 Å². The quantitative estimate of drug-likeness (QED) is 0.442. The van der Waals surface area contributed by atoms with Crippen molar-refractivity contribution < 1.29 is 14.3 Å². The summed E-state index contributed by atoms with van der Waals surface area (Å²) in [6.07, 6.45) is 5.93. The molecule has 2 aromatic rings. The lowest BCUT2D eigenvalue weighted by Crippen LogP contribution is -2.37. The molecule has 0 radical (unpaired) electrons. The number of fused-ring (bicyclic) bond motifs is 1. The Labute approximate surface area is 221 Å². The Bertz CT molecular complexity index is 1070. The first-order valence-electron chi connectivity index (χ1n) is 13.4. The maximum atomic E-state index is 13.7. The Morgan fingerprint density at radius 2 is 1.92 bits per heavy atom. The molecule has 198 valence electrons. The van der Waals surface area contributed by atoms with Crippen molar-refractivity contribution in [3.05, 3.63) is 43.8 Å². The van der Waals surface area contributed by atoms with Crippen LogP contribution < -0.4 is 4.74 Å². The number of hydrogen-bond acceptors (Lipinski definition) is 6. The highest BCUT2D eigenvalue weighted by atomic mass is 32.1. The van der Waals surface area contributed by atoms with Gasteiger partial charge in [-0.25, -0.2) is 4.98 Å². The first kappa shape index (κ1) is 27.1. The van der Waals surface area contributed by atoms with E-state index in [4.69, 9.17) is 9.47 Å². The van der Waals surface area contributed by atoms with Crippen molar-refractivity contribution >= 4 is 17.2 Å². The van der Waals surface area contributed by atoms with Crippen LogP contribution in [-0.2, 0) is 17.7 Å². The predicted molar refractivity (Wildman–Crippen MR) is 146 cm³/mol. The van der Waals surface area contributed by atoms with E-state index < -0.39 is 0 Å². The average molecular weight is 514 g/mol. The highest BCUT2D eigenvalue weighted by Crippen LogP contribution is 2.44. The monoisotopic (exact) mass is 513 g/mol. The van der Waals surface area contributed by atoms with Gasteiger partial charge in [0, 0.05) is 53.7 Å². The normalized spacial score (nSPS) is 21.1. The number of aryl methyl sites for hydroxylation is 2. The molecule has 0 aromatic carbocycles. The molecular weight excluding hydrogens is 470 g/mol. The van der Waals surface area contributed by atoms with Crippen molar-refractivity contribution in [3.63, 3.8) is 0 Å². The van der Waals surface area contributed by atoms with E-state index in [-0.39, 0.29) is 5.91 Å². The van der Waals surface area contributed by atoms with Gasteiger partial charge in [0.1, 0.15) is 0 Å². The van der Waals surface area contributed by atoms with Crippen molar-refractivity contribution in [3.8, 4) is 5.88 Å². The summed E-state index contributed by atoms with van der Waals surface area (Å²) in [5, 5.41) is 0. The summed E-state index contributed by atoms with van der Waals surface area (Å²) in [6, 6.07) is 2.73. The zero-order valence-electron chi connectivity index (χ0n) is 23.1. The molecule has 6 nitrogen and oxygen atoms in total. The number of carbonyl (C=O) groups excluding carboxylic acids is 1. The van der Waals surface area contributed by atoms with Gasteiger partial charge >= 0.3 is 0 Å². The van der Waals surface area contributed by atoms with Crippen molar-refractivity contribution in [2.75, 3.05) is 41.0 Å². The molecule has 2 aliphatic rings. The van der Waals surface area contributed by atoms with E-state index in [0.29, 0.717) is 30.3 Å². The van der Waals surface area contributed by atoms with Crippen molar-refractivity contribution in [2.45, 2.75) is 78.3 Å². The van der Waals surface area contributed by atoms with Crippen molar-refractivity contribution in [1.82, 2.24) is 14.8 Å². The fraction of sp³-hybridized carbons (Fsp3) is 0.655. The van der Waals surface area contributed by atoms with Gasteiger partial charge in [0.25, 0.3) is 5.91 Å². The highest BCUT2D eigenvalue weighted by molar-refractivity contribution is 7.12. The molecule has 1 amide bonds. The van der Waals surface area contributed by atoms with E-state index >= 15 is 0 Å². The summed E-state index contributed by atoms with van der Waals surface area (Å²) in [5.41, 5.74) is 5.23. The molecule has 0 N–H and O–H groups in total. The number of pyridine rings is 1. The standard InChI is InChI=1S/C29H43N3O3S/c1-18-16-19(2)30-28(35-7)24(18)17-32-13-12-25-26(29(32)33)21(4)27(36-25)20(3)22-8-10-23(11-9-22)31(5)14-15-34-6/h16,20,22-23H,8-15,17H2,1-7H3/t20-,22?,23?/m1/s1.